The third-order valence-electron chi connectivity index (χ3n) is 5.82. The normalized spacial score (nSPS) is 11.7. The molecule has 1 N–H and O–H groups in total. The fraction of sp³-hybridized carbons (Fsp3) is 0.308. The van der Waals surface area contributed by atoms with Gasteiger partial charge in [-0.2, -0.15) is 0 Å². The Morgan fingerprint density at radius 1 is 0.844 bits per heavy atom. The summed E-state index contributed by atoms with van der Waals surface area (Å²) in [4.78, 5) is 0. The van der Waals surface area contributed by atoms with Crippen molar-refractivity contribution in [1.29, 1.82) is 0 Å². The van der Waals surface area contributed by atoms with Crippen LogP contribution in [0.5, 0.6) is 5.75 Å². The number of aryl methyl sites for hydroxylation is 3. The Labute approximate surface area is 189 Å². The van der Waals surface area contributed by atoms with Crippen molar-refractivity contribution in [2.24, 2.45) is 0 Å². The second-order valence-corrected chi connectivity index (χ2v) is 10.5. The molecule has 6 heteroatoms. The van der Waals surface area contributed by atoms with Crippen LogP contribution in [-0.4, -0.2) is 25.5 Å². The highest BCUT2D eigenvalue weighted by Gasteiger charge is 2.20. The van der Waals surface area contributed by atoms with Gasteiger partial charge in [0.25, 0.3) is 0 Å². The van der Waals surface area contributed by atoms with Crippen LogP contribution < -0.4 is 0 Å². The van der Waals surface area contributed by atoms with Crippen molar-refractivity contribution in [1.82, 2.24) is 0 Å². The van der Waals surface area contributed by atoms with Gasteiger partial charge in [-0.15, -0.1) is 0 Å². The van der Waals surface area contributed by atoms with Gasteiger partial charge >= 0.3 is 7.60 Å². The van der Waals surface area contributed by atoms with Crippen LogP contribution in [0.25, 0.3) is 0 Å². The van der Waals surface area contributed by atoms with E-state index >= 15 is 0 Å². The molecule has 0 unspecified atom stereocenters. The van der Waals surface area contributed by atoms with Crippen LogP contribution in [0.15, 0.2) is 54.6 Å². The fourth-order valence-corrected chi connectivity index (χ4v) is 4.99. The lowest BCUT2D eigenvalue weighted by molar-refractivity contribution is 0.276. The maximum absolute atomic E-state index is 13.2. The summed E-state index contributed by atoms with van der Waals surface area (Å²) < 4.78 is 35.6. The molecule has 0 aliphatic heterocycles. The zero-order valence-electron chi connectivity index (χ0n) is 19.0. The van der Waals surface area contributed by atoms with Gasteiger partial charge in [-0.1, -0.05) is 36.4 Å². The zero-order chi connectivity index (χ0) is 23.3. The van der Waals surface area contributed by atoms with Crippen LogP contribution >= 0.6 is 7.60 Å². The first-order chi connectivity index (χ1) is 15.2. The lowest BCUT2D eigenvalue weighted by Gasteiger charge is -2.16. The molecule has 170 valence electrons. The SMILES string of the molecule is COP(=O)(CCc1cc(C)c(Cc2ccc(O)c(Cc3ccc(F)cc3)c2)c(C)c1)OC. The number of hydrogen-bond acceptors (Lipinski definition) is 4. The Hall–Kier alpha value is -2.46. The zero-order valence-corrected chi connectivity index (χ0v) is 19.9. The molecule has 3 aromatic carbocycles. The van der Waals surface area contributed by atoms with Crippen LogP contribution in [0, 0.1) is 19.7 Å². The number of phenolic OH excluding ortho intramolecular Hbond substituents is 1. The predicted octanol–water partition coefficient (Wildman–Crippen LogP) is 6.36. The molecule has 0 spiro atoms. The number of aromatic hydroxyl groups is 1. The lowest BCUT2D eigenvalue weighted by atomic mass is 9.92. The van der Waals surface area contributed by atoms with E-state index in [1.54, 1.807) is 18.2 Å². The van der Waals surface area contributed by atoms with Gasteiger partial charge in [0, 0.05) is 20.6 Å². The molecule has 0 bridgehead atoms. The highest BCUT2D eigenvalue weighted by atomic mass is 31.2. The van der Waals surface area contributed by atoms with Gasteiger partial charge < -0.3 is 14.2 Å². The van der Waals surface area contributed by atoms with Crippen LogP contribution in [0.1, 0.15) is 38.9 Å². The van der Waals surface area contributed by atoms with Crippen LogP contribution in [0.2, 0.25) is 0 Å². The van der Waals surface area contributed by atoms with E-state index < -0.39 is 7.60 Å². The summed E-state index contributed by atoms with van der Waals surface area (Å²) in [6.07, 6.45) is 2.23. The lowest BCUT2D eigenvalue weighted by Crippen LogP contribution is -2.02. The van der Waals surface area contributed by atoms with Crippen molar-refractivity contribution in [3.8, 4) is 5.75 Å². The standard InChI is InChI=1S/C26H30FO4P/c1-18-13-22(11-12-32(29,30-3)31-4)14-19(2)25(18)17-21-7-10-26(28)23(16-21)15-20-5-8-24(27)9-6-20/h5-10,13-14,16,28H,11-12,15,17H2,1-4H3. The van der Waals surface area contributed by atoms with Gasteiger partial charge in [0.05, 0.1) is 6.16 Å². The Balaban J connectivity index is 1.78. The summed E-state index contributed by atoms with van der Waals surface area (Å²) in [6, 6.07) is 16.3. The third kappa shape index (κ3) is 6.07. The molecule has 0 fully saturated rings. The van der Waals surface area contributed by atoms with Gasteiger partial charge in [0.15, 0.2) is 0 Å². The highest BCUT2D eigenvalue weighted by Crippen LogP contribution is 2.46. The first-order valence-electron chi connectivity index (χ1n) is 10.6. The summed E-state index contributed by atoms with van der Waals surface area (Å²) in [6.45, 7) is 4.16. The van der Waals surface area contributed by atoms with E-state index in [4.69, 9.17) is 9.05 Å². The molecule has 0 aliphatic carbocycles. The first-order valence-corrected chi connectivity index (χ1v) is 12.3. The monoisotopic (exact) mass is 456 g/mol. The van der Waals surface area contributed by atoms with E-state index in [9.17, 15) is 14.1 Å². The summed E-state index contributed by atoms with van der Waals surface area (Å²) in [5, 5.41) is 10.3. The van der Waals surface area contributed by atoms with E-state index in [0.29, 0.717) is 19.0 Å². The van der Waals surface area contributed by atoms with Crippen molar-refractivity contribution >= 4 is 7.60 Å². The van der Waals surface area contributed by atoms with Gasteiger partial charge in [0.2, 0.25) is 0 Å². The number of phenols is 1. The summed E-state index contributed by atoms with van der Waals surface area (Å²) in [5.74, 6) is -0.0315. The molecular weight excluding hydrogens is 426 g/mol. The van der Waals surface area contributed by atoms with Crippen molar-refractivity contribution in [2.45, 2.75) is 33.1 Å². The van der Waals surface area contributed by atoms with E-state index in [1.165, 1.54) is 31.9 Å². The van der Waals surface area contributed by atoms with Crippen LogP contribution in [0.3, 0.4) is 0 Å². The van der Waals surface area contributed by atoms with Crippen LogP contribution in [-0.2, 0) is 32.9 Å². The van der Waals surface area contributed by atoms with Gasteiger partial charge in [-0.25, -0.2) is 4.39 Å². The highest BCUT2D eigenvalue weighted by molar-refractivity contribution is 7.53. The number of halogens is 1. The third-order valence-corrected chi connectivity index (χ3v) is 7.70. The van der Waals surface area contributed by atoms with Crippen molar-refractivity contribution in [3.05, 3.63) is 99.4 Å². The summed E-state index contributed by atoms with van der Waals surface area (Å²) in [7, 11) is -0.213. The molecule has 0 heterocycles. The minimum absolute atomic E-state index is 0.239. The predicted molar refractivity (Wildman–Crippen MR) is 126 cm³/mol. The maximum atomic E-state index is 13.2. The van der Waals surface area contributed by atoms with Crippen molar-refractivity contribution in [3.63, 3.8) is 0 Å². The second-order valence-electron chi connectivity index (χ2n) is 8.10. The molecule has 0 saturated heterocycles. The van der Waals surface area contributed by atoms with Gasteiger partial charge in [-0.3, -0.25) is 4.57 Å². The Kier molecular flexibility index (Phi) is 7.89. The molecule has 0 radical (unpaired) electrons. The van der Waals surface area contributed by atoms with Crippen molar-refractivity contribution in [2.75, 3.05) is 20.4 Å². The minimum atomic E-state index is -3.03. The number of rotatable bonds is 9. The topological polar surface area (TPSA) is 55.8 Å². The van der Waals surface area contributed by atoms with Gasteiger partial charge in [0.1, 0.15) is 11.6 Å². The Morgan fingerprint density at radius 2 is 1.44 bits per heavy atom. The molecule has 0 amide bonds. The summed E-state index contributed by atoms with van der Waals surface area (Å²) in [5.41, 5.74) is 7.52. The Bertz CT molecular complexity index is 1090. The fourth-order valence-electron chi connectivity index (χ4n) is 3.95. The molecule has 0 atom stereocenters. The van der Waals surface area contributed by atoms with Crippen LogP contribution in [0.4, 0.5) is 4.39 Å². The number of benzene rings is 3. The molecular formula is C26H30FO4P. The smallest absolute Gasteiger partial charge is 0.330 e. The average molecular weight is 456 g/mol. The van der Waals surface area contributed by atoms with E-state index in [1.807, 2.05) is 12.1 Å². The molecule has 0 aromatic heterocycles. The maximum Gasteiger partial charge on any atom is 0.330 e. The molecule has 4 nitrogen and oxygen atoms in total. The van der Waals surface area contributed by atoms with Gasteiger partial charge in [-0.05, 0) is 83.8 Å². The molecule has 0 aliphatic rings. The van der Waals surface area contributed by atoms with E-state index in [-0.39, 0.29) is 11.6 Å². The molecule has 3 rings (SSSR count). The molecule has 0 saturated carbocycles. The molecule has 3 aromatic rings. The minimum Gasteiger partial charge on any atom is -0.508 e. The Morgan fingerprint density at radius 3 is 2.03 bits per heavy atom. The van der Waals surface area contributed by atoms with E-state index in [2.05, 4.69) is 26.0 Å². The molecule has 32 heavy (non-hydrogen) atoms. The van der Waals surface area contributed by atoms with E-state index in [0.717, 1.165) is 39.8 Å². The largest absolute Gasteiger partial charge is 0.508 e. The summed E-state index contributed by atoms with van der Waals surface area (Å²) >= 11 is 0. The number of hydrogen-bond donors (Lipinski definition) is 1. The first kappa shape index (κ1) is 24.2. The van der Waals surface area contributed by atoms with Crippen molar-refractivity contribution < 1.29 is 23.1 Å². The second kappa shape index (κ2) is 10.4. The quantitative estimate of drug-likeness (QED) is 0.381. The average Bonchev–Trinajstić information content (AvgIpc) is 2.78.